The first-order valence-corrected chi connectivity index (χ1v) is 9.28. The zero-order chi connectivity index (χ0) is 17.6. The van der Waals surface area contributed by atoms with Gasteiger partial charge in [-0.15, -0.1) is 11.8 Å². The maximum Gasteiger partial charge on any atom is 0.230 e. The number of hydrogen-bond acceptors (Lipinski definition) is 5. The average molecular weight is 358 g/mol. The van der Waals surface area contributed by atoms with Gasteiger partial charge >= 0.3 is 0 Å². The molecular weight excluding hydrogens is 336 g/mol. The summed E-state index contributed by atoms with van der Waals surface area (Å²) in [5, 5.41) is 12.8. The van der Waals surface area contributed by atoms with Gasteiger partial charge in [-0.2, -0.15) is 0 Å². The van der Waals surface area contributed by atoms with Crippen LogP contribution < -0.4 is 10.1 Å². The van der Waals surface area contributed by atoms with E-state index in [1.54, 1.807) is 19.5 Å². The Kier molecular flexibility index (Phi) is 5.94. The van der Waals surface area contributed by atoms with Crippen LogP contribution in [-0.4, -0.2) is 35.0 Å². The minimum absolute atomic E-state index is 0.0249. The van der Waals surface area contributed by atoms with Crippen LogP contribution in [0.25, 0.3) is 0 Å². The van der Waals surface area contributed by atoms with E-state index in [1.165, 1.54) is 11.8 Å². The summed E-state index contributed by atoms with van der Waals surface area (Å²) in [6.45, 7) is 0. The number of aliphatic hydroxyl groups is 1. The fourth-order valence-electron chi connectivity index (χ4n) is 2.97. The summed E-state index contributed by atoms with van der Waals surface area (Å²) in [6, 6.07) is 11.6. The Morgan fingerprint density at radius 2 is 2.12 bits per heavy atom. The van der Waals surface area contributed by atoms with Crippen molar-refractivity contribution in [1.29, 1.82) is 0 Å². The molecule has 0 saturated heterocycles. The molecule has 1 aliphatic rings. The molecule has 0 bridgehead atoms. The molecule has 132 valence electrons. The highest BCUT2D eigenvalue weighted by Crippen LogP contribution is 2.38. The third kappa shape index (κ3) is 4.74. The number of nitrogens with zero attached hydrogens (tertiary/aromatic N) is 1. The van der Waals surface area contributed by atoms with E-state index in [2.05, 4.69) is 10.3 Å². The predicted molar refractivity (Wildman–Crippen MR) is 97.6 cm³/mol. The minimum Gasteiger partial charge on any atom is -0.495 e. The first-order chi connectivity index (χ1) is 12.2. The van der Waals surface area contributed by atoms with Crippen LogP contribution in [0.15, 0.2) is 53.7 Å². The predicted octanol–water partition coefficient (Wildman–Crippen LogP) is 2.81. The molecule has 1 amide bonds. The van der Waals surface area contributed by atoms with Gasteiger partial charge in [-0.1, -0.05) is 18.2 Å². The van der Waals surface area contributed by atoms with E-state index < -0.39 is 0 Å². The zero-order valence-electron chi connectivity index (χ0n) is 14.1. The van der Waals surface area contributed by atoms with Crippen LogP contribution in [0.2, 0.25) is 0 Å². The van der Waals surface area contributed by atoms with Gasteiger partial charge in [0.25, 0.3) is 0 Å². The molecule has 25 heavy (non-hydrogen) atoms. The lowest BCUT2D eigenvalue weighted by Gasteiger charge is -2.38. The van der Waals surface area contributed by atoms with Crippen molar-refractivity contribution in [3.63, 3.8) is 0 Å². The molecule has 1 aliphatic carbocycles. The van der Waals surface area contributed by atoms with E-state index in [0.29, 0.717) is 24.3 Å². The first kappa shape index (κ1) is 17.8. The van der Waals surface area contributed by atoms with Crippen molar-refractivity contribution in [3.8, 4) is 5.75 Å². The fraction of sp³-hybridized carbons (Fsp3) is 0.368. The van der Waals surface area contributed by atoms with Crippen LogP contribution >= 0.6 is 11.8 Å². The Labute approximate surface area is 151 Å². The molecule has 1 atom stereocenters. The summed E-state index contributed by atoms with van der Waals surface area (Å²) in [7, 11) is 1.60. The van der Waals surface area contributed by atoms with Crippen molar-refractivity contribution in [2.45, 2.75) is 29.9 Å². The van der Waals surface area contributed by atoms with Crippen LogP contribution in [0.1, 0.15) is 24.4 Å². The SMILES string of the molecule is COc1cncc([C@@H](NC(=O)CSc2ccccc2)C2CC(O)C2)c1. The number of amides is 1. The average Bonchev–Trinajstić information content (AvgIpc) is 2.63. The number of aromatic nitrogens is 1. The maximum absolute atomic E-state index is 12.4. The molecule has 1 saturated carbocycles. The van der Waals surface area contributed by atoms with Gasteiger partial charge in [-0.05, 0) is 42.5 Å². The largest absolute Gasteiger partial charge is 0.495 e. The van der Waals surface area contributed by atoms with E-state index in [4.69, 9.17) is 4.74 Å². The van der Waals surface area contributed by atoms with Crippen molar-refractivity contribution < 1.29 is 14.6 Å². The second-order valence-electron chi connectivity index (χ2n) is 6.19. The number of ether oxygens (including phenoxy) is 1. The van der Waals surface area contributed by atoms with Crippen LogP contribution in [0, 0.1) is 5.92 Å². The number of carbonyl (C=O) groups excluding carboxylic acids is 1. The Morgan fingerprint density at radius 3 is 2.80 bits per heavy atom. The second-order valence-corrected chi connectivity index (χ2v) is 7.24. The molecule has 5 nitrogen and oxygen atoms in total. The molecule has 1 fully saturated rings. The van der Waals surface area contributed by atoms with E-state index in [0.717, 1.165) is 10.5 Å². The molecule has 0 unspecified atom stereocenters. The molecule has 0 aliphatic heterocycles. The van der Waals surface area contributed by atoms with E-state index in [9.17, 15) is 9.90 Å². The zero-order valence-corrected chi connectivity index (χ0v) is 14.9. The molecule has 0 radical (unpaired) electrons. The lowest BCUT2D eigenvalue weighted by Crippen LogP contribution is -2.42. The fourth-order valence-corrected chi connectivity index (χ4v) is 3.70. The Hall–Kier alpha value is -2.05. The highest BCUT2D eigenvalue weighted by atomic mass is 32.2. The molecule has 1 aromatic heterocycles. The summed E-state index contributed by atoms with van der Waals surface area (Å²) < 4.78 is 5.24. The van der Waals surface area contributed by atoms with Crippen molar-refractivity contribution in [3.05, 3.63) is 54.4 Å². The number of nitrogens with one attached hydrogen (secondary N) is 1. The third-order valence-corrected chi connectivity index (χ3v) is 5.39. The lowest BCUT2D eigenvalue weighted by atomic mass is 9.75. The monoisotopic (exact) mass is 358 g/mol. The van der Waals surface area contributed by atoms with Gasteiger partial charge in [-0.3, -0.25) is 9.78 Å². The molecule has 1 heterocycles. The summed E-state index contributed by atoms with van der Waals surface area (Å²) in [5.41, 5.74) is 0.911. The van der Waals surface area contributed by atoms with Gasteiger partial charge in [0.15, 0.2) is 0 Å². The van der Waals surface area contributed by atoms with Crippen LogP contribution in [0.3, 0.4) is 0 Å². The number of rotatable bonds is 7. The number of carbonyl (C=O) groups is 1. The summed E-state index contributed by atoms with van der Waals surface area (Å²) in [5.74, 6) is 1.21. The van der Waals surface area contributed by atoms with Gasteiger partial charge in [0.05, 0.1) is 31.2 Å². The van der Waals surface area contributed by atoms with Crippen LogP contribution in [-0.2, 0) is 4.79 Å². The molecular formula is C19H22N2O3S. The maximum atomic E-state index is 12.4. The topological polar surface area (TPSA) is 71.5 Å². The normalized spacial score (nSPS) is 20.4. The second kappa shape index (κ2) is 8.36. The van der Waals surface area contributed by atoms with E-state index in [1.807, 2.05) is 36.4 Å². The van der Waals surface area contributed by atoms with Gasteiger partial charge in [0, 0.05) is 11.1 Å². The summed E-state index contributed by atoms with van der Waals surface area (Å²) >= 11 is 1.51. The van der Waals surface area contributed by atoms with Crippen molar-refractivity contribution in [2.24, 2.45) is 5.92 Å². The van der Waals surface area contributed by atoms with E-state index in [-0.39, 0.29) is 24.0 Å². The van der Waals surface area contributed by atoms with Gasteiger partial charge in [0.2, 0.25) is 5.91 Å². The molecule has 2 N–H and O–H groups in total. The Balaban J connectivity index is 1.66. The number of methoxy groups -OCH3 is 1. The molecule has 0 spiro atoms. The van der Waals surface area contributed by atoms with Crippen molar-refractivity contribution in [1.82, 2.24) is 10.3 Å². The van der Waals surface area contributed by atoms with Crippen molar-refractivity contribution in [2.75, 3.05) is 12.9 Å². The highest BCUT2D eigenvalue weighted by molar-refractivity contribution is 8.00. The number of pyridine rings is 1. The molecule has 6 heteroatoms. The number of hydrogen-bond donors (Lipinski definition) is 2. The van der Waals surface area contributed by atoms with E-state index >= 15 is 0 Å². The van der Waals surface area contributed by atoms with Gasteiger partial charge in [0.1, 0.15) is 5.75 Å². The van der Waals surface area contributed by atoms with Crippen LogP contribution in [0.4, 0.5) is 0 Å². The number of benzene rings is 1. The quantitative estimate of drug-likeness (QED) is 0.745. The smallest absolute Gasteiger partial charge is 0.230 e. The first-order valence-electron chi connectivity index (χ1n) is 8.30. The number of aliphatic hydroxyl groups excluding tert-OH is 1. The minimum atomic E-state index is -0.276. The third-order valence-electron chi connectivity index (χ3n) is 4.38. The van der Waals surface area contributed by atoms with Crippen LogP contribution in [0.5, 0.6) is 5.75 Å². The number of thioether (sulfide) groups is 1. The van der Waals surface area contributed by atoms with Gasteiger partial charge in [-0.25, -0.2) is 0 Å². The van der Waals surface area contributed by atoms with Gasteiger partial charge < -0.3 is 15.2 Å². The lowest BCUT2D eigenvalue weighted by molar-refractivity contribution is -0.120. The Bertz CT molecular complexity index is 705. The molecule has 2 aromatic rings. The standard InChI is InChI=1S/C19H22N2O3S/c1-24-16-9-14(10-20-11-16)19(13-7-15(22)8-13)21-18(23)12-25-17-5-3-2-4-6-17/h2-6,9-11,13,15,19,22H,7-8,12H2,1H3,(H,21,23)/t13?,15?,19-/m0/s1. The molecule has 3 rings (SSSR count). The summed E-state index contributed by atoms with van der Waals surface area (Å²) in [6.07, 6.45) is 4.50. The summed E-state index contributed by atoms with van der Waals surface area (Å²) in [4.78, 5) is 17.7. The molecule has 1 aromatic carbocycles. The highest BCUT2D eigenvalue weighted by Gasteiger charge is 2.36. The Morgan fingerprint density at radius 1 is 1.36 bits per heavy atom. The van der Waals surface area contributed by atoms with Crippen molar-refractivity contribution >= 4 is 17.7 Å².